The predicted octanol–water partition coefficient (Wildman–Crippen LogP) is 2.94. The highest BCUT2D eigenvalue weighted by Crippen LogP contribution is 2.45. The van der Waals surface area contributed by atoms with Crippen molar-refractivity contribution in [1.82, 2.24) is 0 Å². The second-order valence-electron chi connectivity index (χ2n) is 5.13. The van der Waals surface area contributed by atoms with Crippen LogP contribution in [-0.4, -0.2) is 37.3 Å². The van der Waals surface area contributed by atoms with Crippen molar-refractivity contribution in [1.29, 1.82) is 0 Å². The Morgan fingerprint density at radius 2 is 1.58 bits per heavy atom. The lowest BCUT2D eigenvalue weighted by Crippen LogP contribution is -2.07. The SMILES string of the molecule is COc1cc(O)c(C(=O)CCc2ccc(O)cc2)c(OC)c1OC. The smallest absolute Gasteiger partial charge is 0.204 e. The summed E-state index contributed by atoms with van der Waals surface area (Å²) in [6, 6.07) is 7.94. The van der Waals surface area contributed by atoms with Crippen molar-refractivity contribution in [3.05, 3.63) is 41.5 Å². The number of hydrogen-bond acceptors (Lipinski definition) is 6. The second kappa shape index (κ2) is 7.59. The van der Waals surface area contributed by atoms with Crippen LogP contribution in [0, 0.1) is 0 Å². The van der Waals surface area contributed by atoms with E-state index in [-0.39, 0.29) is 46.5 Å². The standard InChI is InChI=1S/C18H20O6/c1-22-15-10-14(21)16(18(24-3)17(15)23-2)13(20)9-6-11-4-7-12(19)8-5-11/h4-5,7-8,10,19,21H,6,9H2,1-3H3. The Balaban J connectivity index is 2.29. The number of rotatable bonds is 7. The van der Waals surface area contributed by atoms with E-state index in [1.54, 1.807) is 24.3 Å². The number of Topliss-reactive ketones (excluding diaryl/α,β-unsaturated/α-hetero) is 1. The number of hydrogen-bond donors (Lipinski definition) is 2. The van der Waals surface area contributed by atoms with Crippen LogP contribution in [0.3, 0.4) is 0 Å². The van der Waals surface area contributed by atoms with E-state index >= 15 is 0 Å². The van der Waals surface area contributed by atoms with Gasteiger partial charge in [0.25, 0.3) is 0 Å². The molecule has 0 saturated heterocycles. The lowest BCUT2D eigenvalue weighted by Gasteiger charge is -2.16. The van der Waals surface area contributed by atoms with Crippen LogP contribution >= 0.6 is 0 Å². The zero-order chi connectivity index (χ0) is 17.7. The molecule has 2 aromatic rings. The molecule has 0 aliphatic heterocycles. The zero-order valence-corrected chi connectivity index (χ0v) is 13.8. The van der Waals surface area contributed by atoms with Gasteiger partial charge < -0.3 is 24.4 Å². The van der Waals surface area contributed by atoms with E-state index in [1.165, 1.54) is 27.4 Å². The van der Waals surface area contributed by atoms with Crippen LogP contribution in [0.1, 0.15) is 22.3 Å². The van der Waals surface area contributed by atoms with Crippen LogP contribution in [-0.2, 0) is 6.42 Å². The van der Waals surface area contributed by atoms with E-state index in [0.29, 0.717) is 6.42 Å². The highest BCUT2D eigenvalue weighted by molar-refractivity contribution is 6.02. The molecule has 128 valence electrons. The molecule has 2 N–H and O–H groups in total. The largest absolute Gasteiger partial charge is 0.508 e. The molecule has 0 fully saturated rings. The maximum absolute atomic E-state index is 12.6. The molecule has 0 bridgehead atoms. The molecule has 6 nitrogen and oxygen atoms in total. The summed E-state index contributed by atoms with van der Waals surface area (Å²) in [6.45, 7) is 0. The summed E-state index contributed by atoms with van der Waals surface area (Å²) in [5, 5.41) is 19.5. The van der Waals surface area contributed by atoms with Crippen LogP contribution in [0.15, 0.2) is 30.3 Å². The number of aryl methyl sites for hydroxylation is 1. The number of methoxy groups -OCH3 is 3. The normalized spacial score (nSPS) is 10.3. The van der Waals surface area contributed by atoms with Crippen LogP contribution in [0.4, 0.5) is 0 Å². The molecule has 0 aliphatic carbocycles. The van der Waals surface area contributed by atoms with E-state index in [4.69, 9.17) is 14.2 Å². The van der Waals surface area contributed by atoms with E-state index < -0.39 is 0 Å². The minimum absolute atomic E-state index is 0.0638. The fourth-order valence-corrected chi connectivity index (χ4v) is 2.46. The van der Waals surface area contributed by atoms with Crippen molar-refractivity contribution in [2.75, 3.05) is 21.3 Å². The highest BCUT2D eigenvalue weighted by Gasteiger charge is 2.25. The molecule has 0 unspecified atom stereocenters. The summed E-state index contributed by atoms with van der Waals surface area (Å²) >= 11 is 0. The first-order valence-electron chi connectivity index (χ1n) is 7.34. The Labute approximate surface area is 140 Å². The summed E-state index contributed by atoms with van der Waals surface area (Å²) in [7, 11) is 4.26. The van der Waals surface area contributed by atoms with E-state index in [2.05, 4.69) is 0 Å². The summed E-state index contributed by atoms with van der Waals surface area (Å²) < 4.78 is 15.6. The van der Waals surface area contributed by atoms with Gasteiger partial charge in [0.2, 0.25) is 5.75 Å². The van der Waals surface area contributed by atoms with Gasteiger partial charge in [-0.1, -0.05) is 12.1 Å². The maximum Gasteiger partial charge on any atom is 0.204 e. The van der Waals surface area contributed by atoms with Gasteiger partial charge in [-0.2, -0.15) is 0 Å². The number of phenols is 2. The van der Waals surface area contributed by atoms with Gasteiger partial charge in [-0.3, -0.25) is 4.79 Å². The lowest BCUT2D eigenvalue weighted by molar-refractivity contribution is 0.0976. The fourth-order valence-electron chi connectivity index (χ4n) is 2.46. The maximum atomic E-state index is 12.6. The molecule has 2 rings (SSSR count). The highest BCUT2D eigenvalue weighted by atomic mass is 16.5. The topological polar surface area (TPSA) is 85.2 Å². The lowest BCUT2D eigenvalue weighted by atomic mass is 10.0. The van der Waals surface area contributed by atoms with E-state index in [0.717, 1.165) is 5.56 Å². The Morgan fingerprint density at radius 3 is 2.12 bits per heavy atom. The van der Waals surface area contributed by atoms with Crippen molar-refractivity contribution in [3.8, 4) is 28.7 Å². The van der Waals surface area contributed by atoms with Crippen LogP contribution < -0.4 is 14.2 Å². The second-order valence-corrected chi connectivity index (χ2v) is 5.13. The van der Waals surface area contributed by atoms with Gasteiger partial charge in [0.1, 0.15) is 17.1 Å². The fraction of sp³-hybridized carbons (Fsp3) is 0.278. The average Bonchev–Trinajstić information content (AvgIpc) is 2.59. The van der Waals surface area contributed by atoms with Gasteiger partial charge in [-0.05, 0) is 24.1 Å². The van der Waals surface area contributed by atoms with Gasteiger partial charge in [-0.15, -0.1) is 0 Å². The zero-order valence-electron chi connectivity index (χ0n) is 13.8. The Hall–Kier alpha value is -2.89. The Bertz CT molecular complexity index is 721. The van der Waals surface area contributed by atoms with Crippen LogP contribution in [0.5, 0.6) is 28.7 Å². The minimum atomic E-state index is -0.279. The van der Waals surface area contributed by atoms with Gasteiger partial charge >= 0.3 is 0 Å². The van der Waals surface area contributed by atoms with E-state index in [1.807, 2.05) is 0 Å². The molecule has 2 aromatic carbocycles. The monoisotopic (exact) mass is 332 g/mol. The number of benzene rings is 2. The molecule has 0 aliphatic rings. The first-order chi connectivity index (χ1) is 11.5. The van der Waals surface area contributed by atoms with Crippen molar-refractivity contribution in [3.63, 3.8) is 0 Å². The van der Waals surface area contributed by atoms with Crippen molar-refractivity contribution in [2.24, 2.45) is 0 Å². The molecular formula is C18H20O6. The summed E-state index contributed by atoms with van der Waals surface area (Å²) in [4.78, 5) is 12.6. The molecular weight excluding hydrogens is 312 g/mol. The molecule has 0 atom stereocenters. The molecule has 6 heteroatoms. The number of carbonyl (C=O) groups excluding carboxylic acids is 1. The molecule has 0 radical (unpaired) electrons. The van der Waals surface area contributed by atoms with Crippen molar-refractivity contribution >= 4 is 5.78 Å². The molecule has 0 saturated carbocycles. The van der Waals surface area contributed by atoms with Gasteiger partial charge in [0.05, 0.1) is 21.3 Å². The van der Waals surface area contributed by atoms with E-state index in [9.17, 15) is 15.0 Å². The number of aromatic hydroxyl groups is 2. The van der Waals surface area contributed by atoms with Gasteiger partial charge in [0, 0.05) is 12.5 Å². The minimum Gasteiger partial charge on any atom is -0.508 e. The average molecular weight is 332 g/mol. The van der Waals surface area contributed by atoms with Crippen molar-refractivity contribution in [2.45, 2.75) is 12.8 Å². The summed E-state index contributed by atoms with van der Waals surface area (Å²) in [5.74, 6) is 0.348. The van der Waals surface area contributed by atoms with Crippen LogP contribution in [0.2, 0.25) is 0 Å². The molecule has 0 spiro atoms. The summed E-state index contributed by atoms with van der Waals surface area (Å²) in [6.07, 6.45) is 0.639. The number of carbonyl (C=O) groups is 1. The number of ether oxygens (including phenoxy) is 3. The summed E-state index contributed by atoms with van der Waals surface area (Å²) in [5.41, 5.74) is 0.967. The van der Waals surface area contributed by atoms with Crippen molar-refractivity contribution < 1.29 is 29.2 Å². The Kier molecular flexibility index (Phi) is 5.52. The molecule has 0 amide bonds. The first kappa shape index (κ1) is 17.5. The number of ketones is 1. The molecule has 0 aromatic heterocycles. The quantitative estimate of drug-likeness (QED) is 0.758. The Morgan fingerprint density at radius 1 is 0.958 bits per heavy atom. The van der Waals surface area contributed by atoms with Crippen LogP contribution in [0.25, 0.3) is 0 Å². The third-order valence-electron chi connectivity index (χ3n) is 3.67. The predicted molar refractivity (Wildman–Crippen MR) is 88.5 cm³/mol. The van der Waals surface area contributed by atoms with Gasteiger partial charge in [-0.25, -0.2) is 0 Å². The third-order valence-corrected chi connectivity index (χ3v) is 3.67. The first-order valence-corrected chi connectivity index (χ1v) is 7.34. The molecule has 0 heterocycles. The molecule has 24 heavy (non-hydrogen) atoms. The third kappa shape index (κ3) is 3.53. The number of phenolic OH excluding ortho intramolecular Hbond substituents is 2. The van der Waals surface area contributed by atoms with Gasteiger partial charge in [0.15, 0.2) is 17.3 Å².